The number of ether oxygens (including phenoxy) is 1. The first kappa shape index (κ1) is 14.0. The number of hydrogen-bond acceptors (Lipinski definition) is 2. The molecular weight excluding hydrogens is 318 g/mol. The minimum atomic E-state index is -0.987. The Kier molecular flexibility index (Phi) is 4.19. The van der Waals surface area contributed by atoms with Crippen LogP contribution < -0.4 is 4.74 Å². The lowest BCUT2D eigenvalue weighted by atomic mass is 10.3. The average molecular weight is 331 g/mol. The molecule has 1 heterocycles. The van der Waals surface area contributed by atoms with E-state index in [1.54, 1.807) is 12.5 Å². The summed E-state index contributed by atoms with van der Waals surface area (Å²) >= 11 is 3.10. The van der Waals surface area contributed by atoms with Crippen molar-refractivity contribution in [1.29, 1.82) is 0 Å². The Morgan fingerprint density at radius 1 is 1.37 bits per heavy atom. The summed E-state index contributed by atoms with van der Waals surface area (Å²) in [7, 11) is 0. The number of nitrogens with zero attached hydrogens (tertiary/aromatic N) is 2. The van der Waals surface area contributed by atoms with Gasteiger partial charge in [-0.05, 0) is 26.0 Å². The Morgan fingerprint density at radius 2 is 2.11 bits per heavy atom. The molecule has 0 saturated heterocycles. The largest absolute Gasteiger partial charge is 0.484 e. The molecule has 19 heavy (non-hydrogen) atoms. The van der Waals surface area contributed by atoms with Crippen molar-refractivity contribution in [3.05, 3.63) is 46.5 Å². The third-order valence-electron chi connectivity index (χ3n) is 2.64. The number of rotatable bonds is 4. The maximum Gasteiger partial charge on any atom is 0.200 e. The first-order chi connectivity index (χ1) is 8.99. The van der Waals surface area contributed by atoms with E-state index in [1.807, 2.05) is 18.4 Å². The van der Waals surface area contributed by atoms with Crippen molar-refractivity contribution in [2.75, 3.05) is 0 Å². The molecule has 0 unspecified atom stereocenters. The molecule has 6 heteroatoms. The van der Waals surface area contributed by atoms with Crippen LogP contribution in [0.1, 0.15) is 25.6 Å². The summed E-state index contributed by atoms with van der Waals surface area (Å²) in [4.78, 5) is 4.02. The summed E-state index contributed by atoms with van der Waals surface area (Å²) in [6.45, 7) is 4.14. The van der Waals surface area contributed by atoms with E-state index in [0.29, 0.717) is 4.47 Å². The Balaban J connectivity index is 2.17. The molecule has 0 bridgehead atoms. The molecule has 3 nitrogen and oxygen atoms in total. The van der Waals surface area contributed by atoms with Crippen LogP contribution in [0.15, 0.2) is 29.1 Å². The van der Waals surface area contributed by atoms with E-state index < -0.39 is 11.6 Å². The summed E-state index contributed by atoms with van der Waals surface area (Å²) in [5, 5.41) is 0. The fourth-order valence-corrected chi connectivity index (χ4v) is 2.11. The van der Waals surface area contributed by atoms with E-state index in [1.165, 1.54) is 6.07 Å². The van der Waals surface area contributed by atoms with Crippen molar-refractivity contribution in [3.63, 3.8) is 0 Å². The van der Waals surface area contributed by atoms with Gasteiger partial charge < -0.3 is 9.30 Å². The molecule has 2 aromatic rings. The van der Waals surface area contributed by atoms with Gasteiger partial charge in [0.15, 0.2) is 11.6 Å². The molecule has 1 aromatic carbocycles. The topological polar surface area (TPSA) is 27.1 Å². The van der Waals surface area contributed by atoms with Crippen LogP contribution in [0.25, 0.3) is 0 Å². The third-order valence-corrected chi connectivity index (χ3v) is 3.10. The number of aromatic nitrogens is 2. The molecule has 0 spiro atoms. The van der Waals surface area contributed by atoms with Crippen LogP contribution in [-0.4, -0.2) is 9.55 Å². The van der Waals surface area contributed by atoms with Crippen molar-refractivity contribution in [3.8, 4) is 5.75 Å². The molecule has 0 aliphatic rings. The maximum absolute atomic E-state index is 13.5. The van der Waals surface area contributed by atoms with Crippen LogP contribution >= 0.6 is 15.9 Å². The maximum atomic E-state index is 13.5. The van der Waals surface area contributed by atoms with Crippen LogP contribution in [0.5, 0.6) is 5.75 Å². The summed E-state index contributed by atoms with van der Waals surface area (Å²) in [5.41, 5.74) is 0.801. The normalized spacial score (nSPS) is 11.1. The molecule has 0 fully saturated rings. The Hall–Kier alpha value is -1.43. The quantitative estimate of drug-likeness (QED) is 0.789. The highest BCUT2D eigenvalue weighted by Gasteiger charge is 2.13. The number of hydrogen-bond donors (Lipinski definition) is 0. The summed E-state index contributed by atoms with van der Waals surface area (Å²) < 4.78 is 34.4. The van der Waals surface area contributed by atoms with Crippen LogP contribution in [0, 0.1) is 11.6 Å². The van der Waals surface area contributed by atoms with Crippen LogP contribution in [0.3, 0.4) is 0 Å². The molecule has 2 rings (SSSR count). The van der Waals surface area contributed by atoms with Gasteiger partial charge in [0.2, 0.25) is 5.82 Å². The third kappa shape index (κ3) is 3.12. The van der Waals surface area contributed by atoms with Gasteiger partial charge >= 0.3 is 0 Å². The summed E-state index contributed by atoms with van der Waals surface area (Å²) in [6.07, 6.45) is 3.33. The first-order valence-electron chi connectivity index (χ1n) is 5.77. The van der Waals surface area contributed by atoms with E-state index in [0.717, 1.165) is 11.8 Å². The van der Waals surface area contributed by atoms with Crippen molar-refractivity contribution in [2.24, 2.45) is 0 Å². The van der Waals surface area contributed by atoms with Crippen LogP contribution in [0.2, 0.25) is 0 Å². The molecule has 0 N–H and O–H groups in total. The highest BCUT2D eigenvalue weighted by Crippen LogP contribution is 2.26. The molecule has 0 amide bonds. The average Bonchev–Trinajstić information content (AvgIpc) is 2.80. The van der Waals surface area contributed by atoms with E-state index in [4.69, 9.17) is 4.74 Å². The molecule has 0 saturated carbocycles. The highest BCUT2D eigenvalue weighted by atomic mass is 79.9. The van der Waals surface area contributed by atoms with Crippen molar-refractivity contribution < 1.29 is 13.5 Å². The highest BCUT2D eigenvalue weighted by molar-refractivity contribution is 9.10. The van der Waals surface area contributed by atoms with Gasteiger partial charge in [-0.3, -0.25) is 0 Å². The van der Waals surface area contributed by atoms with E-state index in [-0.39, 0.29) is 18.4 Å². The summed E-state index contributed by atoms with van der Waals surface area (Å²) in [5.74, 6) is -2.05. The predicted molar refractivity (Wildman–Crippen MR) is 71.0 cm³/mol. The fraction of sp³-hybridized carbons (Fsp3) is 0.308. The van der Waals surface area contributed by atoms with Gasteiger partial charge in [0.25, 0.3) is 0 Å². The zero-order valence-corrected chi connectivity index (χ0v) is 12.1. The van der Waals surface area contributed by atoms with E-state index >= 15 is 0 Å². The van der Waals surface area contributed by atoms with Crippen molar-refractivity contribution >= 4 is 15.9 Å². The first-order valence-corrected chi connectivity index (χ1v) is 6.56. The number of imidazole rings is 1. The minimum absolute atomic E-state index is 0.122. The predicted octanol–water partition coefficient (Wildman–Crippen LogP) is 4.08. The van der Waals surface area contributed by atoms with Gasteiger partial charge in [-0.2, -0.15) is 4.39 Å². The van der Waals surface area contributed by atoms with Crippen LogP contribution in [0.4, 0.5) is 8.78 Å². The van der Waals surface area contributed by atoms with Gasteiger partial charge in [-0.1, -0.05) is 15.9 Å². The number of halogens is 3. The SMILES string of the molecule is CC(C)n1cncc1COc1cc(Br)cc(F)c1F. The second kappa shape index (κ2) is 5.69. The lowest BCUT2D eigenvalue weighted by molar-refractivity contribution is 0.273. The molecule has 0 radical (unpaired) electrons. The van der Waals surface area contributed by atoms with E-state index in [2.05, 4.69) is 20.9 Å². The Morgan fingerprint density at radius 3 is 2.79 bits per heavy atom. The van der Waals surface area contributed by atoms with Crippen molar-refractivity contribution in [1.82, 2.24) is 9.55 Å². The van der Waals surface area contributed by atoms with Crippen molar-refractivity contribution in [2.45, 2.75) is 26.5 Å². The minimum Gasteiger partial charge on any atom is -0.484 e. The molecule has 0 aliphatic carbocycles. The zero-order chi connectivity index (χ0) is 14.0. The molecule has 0 aliphatic heterocycles. The lowest BCUT2D eigenvalue weighted by Crippen LogP contribution is -2.08. The molecule has 1 aromatic heterocycles. The summed E-state index contributed by atoms with van der Waals surface area (Å²) in [6, 6.07) is 2.68. The molecular formula is C13H13BrF2N2O. The van der Waals surface area contributed by atoms with Gasteiger partial charge in [0.1, 0.15) is 6.61 Å². The zero-order valence-electron chi connectivity index (χ0n) is 10.5. The lowest BCUT2D eigenvalue weighted by Gasteiger charge is -2.13. The fourth-order valence-electron chi connectivity index (χ4n) is 1.70. The second-order valence-corrected chi connectivity index (χ2v) is 5.29. The Labute approximate surface area is 118 Å². The smallest absolute Gasteiger partial charge is 0.200 e. The van der Waals surface area contributed by atoms with Gasteiger partial charge in [-0.15, -0.1) is 0 Å². The standard InChI is InChI=1S/C13H13BrF2N2O/c1-8(2)18-7-17-5-10(18)6-19-12-4-9(14)3-11(15)13(12)16/h3-5,7-8H,6H2,1-2H3. The van der Waals surface area contributed by atoms with Gasteiger partial charge in [-0.25, -0.2) is 9.37 Å². The van der Waals surface area contributed by atoms with Gasteiger partial charge in [0, 0.05) is 10.5 Å². The number of benzene rings is 1. The molecule has 102 valence electrons. The monoisotopic (exact) mass is 330 g/mol. The van der Waals surface area contributed by atoms with Crippen LogP contribution in [-0.2, 0) is 6.61 Å². The van der Waals surface area contributed by atoms with Gasteiger partial charge in [0.05, 0.1) is 18.2 Å². The molecule has 0 atom stereocenters. The second-order valence-electron chi connectivity index (χ2n) is 4.37. The Bertz CT molecular complexity index is 584. The van der Waals surface area contributed by atoms with E-state index in [9.17, 15) is 8.78 Å².